The van der Waals surface area contributed by atoms with Crippen LogP contribution < -0.4 is 0 Å². The minimum Gasteiger partial charge on any atom is -0.374 e. The van der Waals surface area contributed by atoms with Gasteiger partial charge in [0.25, 0.3) is 0 Å². The maximum Gasteiger partial charge on any atom is 0.500 e. The molecule has 114 heavy (non-hydrogen) atoms. The molecule has 1 aliphatic rings. The molecule has 18 nitrogen and oxygen atoms in total. The lowest BCUT2D eigenvalue weighted by atomic mass is 9.99. The minimum atomic E-state index is -2.85. The quantitative estimate of drug-likeness (QED) is 0.0244. The summed E-state index contributed by atoms with van der Waals surface area (Å²) in [6.45, 7) is 47.1. The van der Waals surface area contributed by atoms with E-state index >= 15 is 0 Å². The Morgan fingerprint density at radius 3 is 0.474 bits per heavy atom. The van der Waals surface area contributed by atoms with E-state index in [1.165, 1.54) is 32.1 Å². The first-order valence-corrected chi connectivity index (χ1v) is 82.4. The summed E-state index contributed by atoms with van der Waals surface area (Å²) in [6, 6.07) is 4.71. The first-order valence-electron chi connectivity index (χ1n) is 40.9. The van der Waals surface area contributed by atoms with E-state index in [9.17, 15) is 0 Å². The van der Waals surface area contributed by atoms with E-state index < -0.39 is 65.1 Å². The van der Waals surface area contributed by atoms with Crippen molar-refractivity contribution in [3.63, 3.8) is 0 Å². The Labute approximate surface area is 792 Å². The Morgan fingerprint density at radius 2 is 0.325 bits per heavy atom. The van der Waals surface area contributed by atoms with Crippen LogP contribution in [-0.4, -0.2) is 219 Å². The molecule has 0 heterocycles. The summed E-state index contributed by atoms with van der Waals surface area (Å²) in [6.07, 6.45) is 15.9. The maximum absolute atomic E-state index is 6.41. The molecule has 0 bridgehead atoms. The molecule has 1 aliphatic carbocycles. The van der Waals surface area contributed by atoms with Crippen LogP contribution in [0, 0.1) is 0 Å². The van der Waals surface area contributed by atoms with Crippen LogP contribution >= 0.6 is 247 Å². The van der Waals surface area contributed by atoms with E-state index in [1.54, 1.807) is 0 Å². The standard InChI is InChI=1S/C66H144O18S24Si6/c1-19-67-109(68-20-2,69-21-3)58-44-52-85-97-103-91-64(92-104-98-86-53-45-59-110(70-22-4,71-23-5)72-24-6)50-42-40-38-37-39-41-43-51-65(93-105-99-87-54-46-60-111(73-25-7,74-26-8)75-27-9,94-106-100-88-55-47-61-112(76-28-10,77-29-11)78-30-12)66(64,95-107-101-89-56-48-62-113(79-31-13,80-32-14)81-33-15)96-108-102-90-57-49-63-114(82-34-16,83-35-17)84-36-18/h19-63H2,1-18H3. The van der Waals surface area contributed by atoms with Gasteiger partial charge < -0.3 is 79.7 Å². The Hall–Kier alpha value is 8.98. The van der Waals surface area contributed by atoms with Gasteiger partial charge in [-0.25, -0.2) is 0 Å². The molecule has 0 amide bonds. The Morgan fingerprint density at radius 1 is 0.184 bits per heavy atom. The molecule has 0 radical (unpaired) electrons. The van der Waals surface area contributed by atoms with E-state index in [4.69, 9.17) is 79.7 Å². The molecule has 1 rings (SSSR count). The molecule has 0 aromatic rings. The van der Waals surface area contributed by atoms with Crippen LogP contribution in [0.15, 0.2) is 0 Å². The Bertz CT molecular complexity index is 1850. The fraction of sp³-hybridized carbons (Fsp3) is 1.00. The Balaban J connectivity index is 4.72. The second-order valence-electron chi connectivity index (χ2n) is 23.9. The van der Waals surface area contributed by atoms with Gasteiger partial charge in [-0.2, -0.15) is 0 Å². The summed E-state index contributed by atoms with van der Waals surface area (Å²) >= 11 is 0. The lowest BCUT2D eigenvalue weighted by Gasteiger charge is -2.55. The predicted octanol–water partition coefficient (Wildman–Crippen LogP) is 30.3. The zero-order chi connectivity index (χ0) is 84.0. The molecule has 0 N–H and O–H groups in total. The normalized spacial score (nSPS) is 15.6. The van der Waals surface area contributed by atoms with Gasteiger partial charge in [-0.3, -0.25) is 0 Å². The van der Waals surface area contributed by atoms with Crippen molar-refractivity contribution in [2.75, 3.05) is 153 Å². The summed E-state index contributed by atoms with van der Waals surface area (Å²) in [5, 5.41) is 0. The van der Waals surface area contributed by atoms with Gasteiger partial charge in [0.2, 0.25) is 0 Å². The molecule has 0 aliphatic heterocycles. The lowest BCUT2D eigenvalue weighted by Crippen LogP contribution is -2.56. The third-order valence-electron chi connectivity index (χ3n) is 15.8. The second kappa shape index (κ2) is 79.4. The third kappa shape index (κ3) is 50.9. The van der Waals surface area contributed by atoms with Gasteiger partial charge in [0, 0.05) is 190 Å². The summed E-state index contributed by atoms with van der Waals surface area (Å²) in [7, 11) is 31.2. The Kier molecular flexibility index (Phi) is 84.2. The van der Waals surface area contributed by atoms with Crippen molar-refractivity contribution in [2.24, 2.45) is 0 Å². The summed E-state index contributed by atoms with van der Waals surface area (Å²) in [4.78, 5) is 0. The average molecular weight is 2160 g/mol. The van der Waals surface area contributed by atoms with Crippen molar-refractivity contribution in [1.82, 2.24) is 0 Å². The highest BCUT2D eigenvalue weighted by molar-refractivity contribution is 9.32. The largest absolute Gasteiger partial charge is 0.500 e. The summed E-state index contributed by atoms with van der Waals surface area (Å²) in [5.74, 6) is 5.65. The van der Waals surface area contributed by atoms with Crippen molar-refractivity contribution in [3.05, 3.63) is 0 Å². The highest BCUT2D eigenvalue weighted by Gasteiger charge is 2.68. The molecule has 48 heteroatoms. The molecule has 0 aromatic carbocycles. The highest BCUT2D eigenvalue weighted by Crippen LogP contribution is 2.82. The van der Waals surface area contributed by atoms with Crippen molar-refractivity contribution in [1.29, 1.82) is 0 Å². The summed E-state index contributed by atoms with van der Waals surface area (Å²) in [5.41, 5.74) is 0. The van der Waals surface area contributed by atoms with Gasteiger partial charge in [-0.05, 0) is 294 Å². The zero-order valence-electron chi connectivity index (χ0n) is 71.5. The third-order valence-corrected chi connectivity index (χ3v) is 80.9. The predicted molar refractivity (Wildman–Crippen MR) is 561 cm³/mol. The molecule has 0 aromatic heterocycles. The van der Waals surface area contributed by atoms with Gasteiger partial charge in [-0.1, -0.05) is 174 Å². The monoisotopic (exact) mass is 2160 g/mol. The second-order valence-corrected chi connectivity index (χ2v) is 78.4. The van der Waals surface area contributed by atoms with E-state index in [0.29, 0.717) is 119 Å². The summed E-state index contributed by atoms with van der Waals surface area (Å²) < 4.78 is 114. The molecule has 684 valence electrons. The van der Waals surface area contributed by atoms with E-state index in [1.807, 2.05) is 266 Å². The van der Waals surface area contributed by atoms with Gasteiger partial charge in [0.1, 0.15) is 12.2 Å². The molecule has 1 fully saturated rings. The topological polar surface area (TPSA) is 166 Å². The van der Waals surface area contributed by atoms with Crippen LogP contribution in [0.5, 0.6) is 0 Å². The van der Waals surface area contributed by atoms with Crippen LogP contribution in [-0.2, 0) is 79.7 Å². The van der Waals surface area contributed by atoms with Gasteiger partial charge in [-0.15, -0.1) is 0 Å². The zero-order valence-corrected chi connectivity index (χ0v) is 97.1. The smallest absolute Gasteiger partial charge is 0.374 e. The first-order chi connectivity index (χ1) is 55.5. The van der Waals surface area contributed by atoms with Crippen LogP contribution in [0.2, 0.25) is 36.3 Å². The van der Waals surface area contributed by atoms with E-state index in [0.717, 1.165) is 135 Å². The van der Waals surface area contributed by atoms with Crippen molar-refractivity contribution in [3.8, 4) is 0 Å². The molecule has 0 unspecified atom stereocenters. The number of hydrogen-bond donors (Lipinski definition) is 0. The fourth-order valence-corrected chi connectivity index (χ4v) is 82.0. The number of rotatable bonds is 84. The van der Waals surface area contributed by atoms with Crippen LogP contribution in [0.25, 0.3) is 0 Å². The van der Waals surface area contributed by atoms with Crippen molar-refractivity contribution >= 4 is 300 Å². The van der Waals surface area contributed by atoms with Gasteiger partial charge in [0.05, 0.1) is 0 Å². The van der Waals surface area contributed by atoms with Crippen molar-refractivity contribution < 1.29 is 79.7 Å². The van der Waals surface area contributed by atoms with Crippen LogP contribution in [0.1, 0.15) is 221 Å². The molecule has 0 atom stereocenters. The van der Waals surface area contributed by atoms with Gasteiger partial charge >= 0.3 is 52.8 Å². The van der Waals surface area contributed by atoms with Crippen LogP contribution in [0.3, 0.4) is 0 Å². The van der Waals surface area contributed by atoms with Crippen molar-refractivity contribution in [2.45, 2.75) is 269 Å². The van der Waals surface area contributed by atoms with E-state index in [2.05, 4.69) is 106 Å². The minimum absolute atomic E-state index is 0.403. The molecule has 1 saturated carbocycles. The SMILES string of the molecule is CCO[Si](CCCSSSSC1(SSSSCCC[Si](OCC)(OCC)OCC)CCCCCCCCCC(SSSSCCC[Si](OCC)(OCC)OCC)(SSSSCCC[Si](OCC)(OCC)OCC)C1(SSSSCCC[Si](OCC)(OCC)OCC)SSSSCCC[Si](OCC)(OCC)OCC)(OCC)OCC. The molecular formula is C66H144O18S24Si6. The number of hydrogen-bond acceptors (Lipinski definition) is 42. The fourth-order valence-electron chi connectivity index (χ4n) is 11.7. The van der Waals surface area contributed by atoms with Crippen LogP contribution in [0.4, 0.5) is 0 Å². The van der Waals surface area contributed by atoms with E-state index in [-0.39, 0.29) is 0 Å². The van der Waals surface area contributed by atoms with Gasteiger partial charge in [0.15, 0.2) is 0 Å². The molecule has 0 saturated heterocycles. The average Bonchev–Trinajstić information content (AvgIpc) is 0.719. The molecule has 0 spiro atoms. The lowest BCUT2D eigenvalue weighted by molar-refractivity contribution is 0.0704. The first kappa shape index (κ1) is 121. The molecular weight excluding hydrogens is 2020 g/mol. The maximum atomic E-state index is 6.41. The highest BCUT2D eigenvalue weighted by atomic mass is 33.7.